The predicted molar refractivity (Wildman–Crippen MR) is 56.2 cm³/mol. The number of rotatable bonds is 3. The van der Waals surface area contributed by atoms with Crippen LogP contribution in [0.15, 0.2) is 51.0 Å². The lowest BCUT2D eigenvalue weighted by atomic mass is 10.3. The van der Waals surface area contributed by atoms with Gasteiger partial charge in [0, 0.05) is 4.90 Å². The van der Waals surface area contributed by atoms with Gasteiger partial charge in [-0.15, -0.1) is 0 Å². The Balaban J connectivity index is 2.27. The van der Waals surface area contributed by atoms with Gasteiger partial charge in [-0.05, 0) is 24.3 Å². The minimum atomic E-state index is -1.06. The molecule has 1 N–H and O–H groups in total. The lowest BCUT2D eigenvalue weighted by Gasteiger charge is -1.99. The van der Waals surface area contributed by atoms with Crippen molar-refractivity contribution < 1.29 is 18.7 Å². The van der Waals surface area contributed by atoms with Gasteiger partial charge in [-0.2, -0.15) is 0 Å². The molecule has 82 valence electrons. The maximum Gasteiger partial charge on any atom is 0.340 e. The number of aromatic carboxylic acids is 1. The van der Waals surface area contributed by atoms with Crippen LogP contribution in [0.5, 0.6) is 0 Å². The quantitative estimate of drug-likeness (QED) is 0.891. The van der Waals surface area contributed by atoms with Crippen LogP contribution in [0.1, 0.15) is 10.4 Å². The van der Waals surface area contributed by atoms with Crippen molar-refractivity contribution in [3.8, 4) is 0 Å². The van der Waals surface area contributed by atoms with Gasteiger partial charge in [0.15, 0.2) is 5.09 Å². The Bertz CT molecular complexity index is 521. The van der Waals surface area contributed by atoms with E-state index in [2.05, 4.69) is 0 Å². The number of furan rings is 1. The molecule has 2 rings (SSSR count). The first kappa shape index (κ1) is 10.8. The van der Waals surface area contributed by atoms with E-state index in [-0.39, 0.29) is 16.5 Å². The predicted octanol–water partition coefficient (Wildman–Crippen LogP) is 3.27. The molecule has 0 atom stereocenters. The van der Waals surface area contributed by atoms with Gasteiger partial charge in [-0.1, -0.05) is 17.8 Å². The molecule has 2 aromatic rings. The van der Waals surface area contributed by atoms with Gasteiger partial charge in [0.25, 0.3) is 0 Å². The number of hydrogen-bond acceptors (Lipinski definition) is 3. The van der Waals surface area contributed by atoms with E-state index in [9.17, 15) is 9.18 Å². The third-order valence-electron chi connectivity index (χ3n) is 1.87. The van der Waals surface area contributed by atoms with E-state index in [4.69, 9.17) is 9.52 Å². The highest BCUT2D eigenvalue weighted by Crippen LogP contribution is 2.31. The summed E-state index contributed by atoms with van der Waals surface area (Å²) in [6.07, 6.45) is 1.30. The summed E-state index contributed by atoms with van der Waals surface area (Å²) in [4.78, 5) is 11.4. The summed E-state index contributed by atoms with van der Waals surface area (Å²) in [5.74, 6) is -1.43. The van der Waals surface area contributed by atoms with Crippen molar-refractivity contribution in [1.29, 1.82) is 0 Å². The van der Waals surface area contributed by atoms with Crippen molar-refractivity contribution in [2.75, 3.05) is 0 Å². The average Bonchev–Trinajstić information content (AvgIpc) is 2.66. The topological polar surface area (TPSA) is 50.4 Å². The smallest absolute Gasteiger partial charge is 0.340 e. The molecule has 0 bridgehead atoms. The molecule has 0 saturated heterocycles. The fraction of sp³-hybridized carbons (Fsp3) is 0. The molecule has 0 saturated carbocycles. The fourth-order valence-electron chi connectivity index (χ4n) is 1.17. The Morgan fingerprint density at radius 2 is 2.19 bits per heavy atom. The van der Waals surface area contributed by atoms with Gasteiger partial charge in [0.1, 0.15) is 11.4 Å². The van der Waals surface area contributed by atoms with E-state index in [1.165, 1.54) is 24.5 Å². The first-order valence-electron chi connectivity index (χ1n) is 4.41. The van der Waals surface area contributed by atoms with Crippen LogP contribution in [0.2, 0.25) is 0 Å². The zero-order valence-electron chi connectivity index (χ0n) is 8.01. The minimum absolute atomic E-state index is 0.0780. The summed E-state index contributed by atoms with van der Waals surface area (Å²) < 4.78 is 17.9. The average molecular weight is 238 g/mol. The summed E-state index contributed by atoms with van der Waals surface area (Å²) in [5.41, 5.74) is 0.0780. The second kappa shape index (κ2) is 4.40. The van der Waals surface area contributed by atoms with Crippen LogP contribution in [0.4, 0.5) is 4.39 Å². The molecule has 16 heavy (non-hydrogen) atoms. The second-order valence-corrected chi connectivity index (χ2v) is 4.03. The SMILES string of the molecule is O=C(O)c1ccoc1Sc1cccc(F)c1. The third kappa shape index (κ3) is 2.25. The summed E-state index contributed by atoms with van der Waals surface area (Å²) in [7, 11) is 0. The van der Waals surface area contributed by atoms with Gasteiger partial charge < -0.3 is 9.52 Å². The Morgan fingerprint density at radius 1 is 1.38 bits per heavy atom. The Kier molecular flexibility index (Phi) is 2.96. The van der Waals surface area contributed by atoms with E-state index in [1.54, 1.807) is 12.1 Å². The molecule has 1 aromatic carbocycles. The molecule has 0 aliphatic heterocycles. The Morgan fingerprint density at radius 3 is 2.88 bits per heavy atom. The van der Waals surface area contributed by atoms with Crippen LogP contribution in [0.3, 0.4) is 0 Å². The van der Waals surface area contributed by atoms with Crippen LogP contribution in [0.25, 0.3) is 0 Å². The normalized spacial score (nSPS) is 10.3. The highest BCUT2D eigenvalue weighted by atomic mass is 32.2. The molecule has 0 aliphatic rings. The Labute approximate surface area is 94.9 Å². The molecule has 1 aromatic heterocycles. The molecular weight excluding hydrogens is 231 g/mol. The van der Waals surface area contributed by atoms with E-state index < -0.39 is 5.97 Å². The number of carbonyl (C=O) groups is 1. The van der Waals surface area contributed by atoms with Crippen molar-refractivity contribution in [2.24, 2.45) is 0 Å². The van der Waals surface area contributed by atoms with Gasteiger partial charge in [0.05, 0.1) is 6.26 Å². The first-order valence-corrected chi connectivity index (χ1v) is 5.22. The molecule has 1 heterocycles. The van der Waals surface area contributed by atoms with E-state index in [0.717, 1.165) is 11.8 Å². The molecule has 3 nitrogen and oxygen atoms in total. The van der Waals surface area contributed by atoms with Crippen LogP contribution < -0.4 is 0 Å². The molecule has 5 heteroatoms. The van der Waals surface area contributed by atoms with E-state index in [0.29, 0.717) is 4.90 Å². The highest BCUT2D eigenvalue weighted by Gasteiger charge is 2.14. The van der Waals surface area contributed by atoms with Gasteiger partial charge >= 0.3 is 5.97 Å². The van der Waals surface area contributed by atoms with Crippen molar-refractivity contribution >= 4 is 17.7 Å². The van der Waals surface area contributed by atoms with Crippen molar-refractivity contribution in [3.63, 3.8) is 0 Å². The second-order valence-electron chi connectivity index (χ2n) is 2.99. The summed E-state index contributed by atoms with van der Waals surface area (Å²) >= 11 is 1.08. The maximum atomic E-state index is 12.9. The van der Waals surface area contributed by atoms with E-state index >= 15 is 0 Å². The minimum Gasteiger partial charge on any atom is -0.478 e. The number of hydrogen-bond donors (Lipinski definition) is 1. The fourth-order valence-corrected chi connectivity index (χ4v) is 2.07. The first-order chi connectivity index (χ1) is 7.66. The molecule has 0 unspecified atom stereocenters. The van der Waals surface area contributed by atoms with Crippen molar-refractivity contribution in [2.45, 2.75) is 9.99 Å². The zero-order valence-corrected chi connectivity index (χ0v) is 8.83. The van der Waals surface area contributed by atoms with Crippen LogP contribution in [-0.2, 0) is 0 Å². The van der Waals surface area contributed by atoms with Crippen LogP contribution >= 0.6 is 11.8 Å². The number of benzene rings is 1. The standard InChI is InChI=1S/C11H7FO3S/c12-7-2-1-3-8(6-7)16-11-9(10(13)14)4-5-15-11/h1-6H,(H,13,14). The molecule has 0 aliphatic carbocycles. The molecule has 0 radical (unpaired) electrons. The van der Waals surface area contributed by atoms with Gasteiger partial charge in [-0.3, -0.25) is 0 Å². The monoisotopic (exact) mass is 238 g/mol. The molecule has 0 amide bonds. The van der Waals surface area contributed by atoms with E-state index in [1.807, 2.05) is 0 Å². The van der Waals surface area contributed by atoms with Gasteiger partial charge in [-0.25, -0.2) is 9.18 Å². The summed E-state index contributed by atoms with van der Waals surface area (Å²) in [6.45, 7) is 0. The number of carboxylic acids is 1. The third-order valence-corrected chi connectivity index (χ3v) is 2.86. The molecular formula is C11H7FO3S. The van der Waals surface area contributed by atoms with Crippen LogP contribution in [-0.4, -0.2) is 11.1 Å². The van der Waals surface area contributed by atoms with Crippen molar-refractivity contribution in [1.82, 2.24) is 0 Å². The number of carboxylic acid groups (broad SMARTS) is 1. The highest BCUT2D eigenvalue weighted by molar-refractivity contribution is 7.99. The summed E-state index contributed by atoms with van der Waals surface area (Å²) in [5, 5.41) is 9.09. The van der Waals surface area contributed by atoms with Crippen molar-refractivity contribution in [3.05, 3.63) is 48.0 Å². The number of halogens is 1. The van der Waals surface area contributed by atoms with Crippen LogP contribution in [0, 0.1) is 5.82 Å². The lowest BCUT2D eigenvalue weighted by molar-refractivity contribution is 0.0690. The van der Waals surface area contributed by atoms with Gasteiger partial charge in [0.2, 0.25) is 0 Å². The Hall–Kier alpha value is -1.75. The largest absolute Gasteiger partial charge is 0.478 e. The molecule has 0 fully saturated rings. The summed E-state index contributed by atoms with van der Waals surface area (Å²) in [6, 6.07) is 7.25. The molecule has 0 spiro atoms. The zero-order chi connectivity index (χ0) is 11.5. The lowest BCUT2D eigenvalue weighted by Crippen LogP contribution is -1.94. The maximum absolute atomic E-state index is 12.9.